The standard InChI is InChI=1S/C13H18O2/c1-13(2,3)12(7-8-14)10-5-4-6-11(15)9-10/h4-7,9,14-15H,8H2,1-3H3/b12-7+. The van der Waals surface area contributed by atoms with Crippen LogP contribution in [-0.4, -0.2) is 16.8 Å². The second-order valence-corrected chi connectivity index (χ2v) is 4.60. The summed E-state index contributed by atoms with van der Waals surface area (Å²) in [5, 5.41) is 18.4. The van der Waals surface area contributed by atoms with Crippen molar-refractivity contribution in [3.05, 3.63) is 35.9 Å². The number of allylic oxidation sites excluding steroid dienone is 1. The summed E-state index contributed by atoms with van der Waals surface area (Å²) >= 11 is 0. The van der Waals surface area contributed by atoms with Gasteiger partial charge in [0.15, 0.2) is 0 Å². The molecule has 0 spiro atoms. The minimum absolute atomic E-state index is 0.0161. The number of phenolic OH excluding ortho intramolecular Hbond substituents is 1. The van der Waals surface area contributed by atoms with Crippen LogP contribution in [-0.2, 0) is 0 Å². The Morgan fingerprint density at radius 1 is 1.33 bits per heavy atom. The topological polar surface area (TPSA) is 40.5 Å². The Morgan fingerprint density at radius 2 is 2.00 bits per heavy atom. The maximum absolute atomic E-state index is 9.41. The normalized spacial score (nSPS) is 12.9. The lowest BCUT2D eigenvalue weighted by molar-refractivity contribution is 0.341. The predicted molar refractivity (Wildman–Crippen MR) is 62.6 cm³/mol. The van der Waals surface area contributed by atoms with Gasteiger partial charge in [0, 0.05) is 0 Å². The second kappa shape index (κ2) is 4.49. The highest BCUT2D eigenvalue weighted by Gasteiger charge is 2.18. The largest absolute Gasteiger partial charge is 0.508 e. The van der Waals surface area contributed by atoms with Crippen molar-refractivity contribution >= 4 is 5.57 Å². The van der Waals surface area contributed by atoms with Crippen molar-refractivity contribution in [3.8, 4) is 5.75 Å². The van der Waals surface area contributed by atoms with Crippen LogP contribution in [0.1, 0.15) is 26.3 Å². The van der Waals surface area contributed by atoms with Crippen molar-refractivity contribution in [2.24, 2.45) is 5.41 Å². The Balaban J connectivity index is 3.17. The van der Waals surface area contributed by atoms with E-state index in [0.717, 1.165) is 11.1 Å². The minimum Gasteiger partial charge on any atom is -0.508 e. The first-order valence-electron chi connectivity index (χ1n) is 5.06. The van der Waals surface area contributed by atoms with Gasteiger partial charge < -0.3 is 10.2 Å². The number of aliphatic hydroxyl groups excluding tert-OH is 1. The molecule has 0 aliphatic heterocycles. The van der Waals surface area contributed by atoms with E-state index in [1.165, 1.54) is 0 Å². The highest BCUT2D eigenvalue weighted by atomic mass is 16.3. The fourth-order valence-electron chi connectivity index (χ4n) is 1.62. The van der Waals surface area contributed by atoms with Gasteiger partial charge in [-0.1, -0.05) is 39.0 Å². The number of phenols is 1. The maximum atomic E-state index is 9.41. The van der Waals surface area contributed by atoms with E-state index in [4.69, 9.17) is 5.11 Å². The van der Waals surface area contributed by atoms with Crippen LogP contribution < -0.4 is 0 Å². The van der Waals surface area contributed by atoms with Gasteiger partial charge in [0.25, 0.3) is 0 Å². The first-order chi connectivity index (χ1) is 6.95. The van der Waals surface area contributed by atoms with Gasteiger partial charge in [0.05, 0.1) is 6.61 Å². The van der Waals surface area contributed by atoms with Crippen molar-refractivity contribution in [2.45, 2.75) is 20.8 Å². The summed E-state index contributed by atoms with van der Waals surface area (Å²) in [6.45, 7) is 6.26. The number of hydrogen-bond donors (Lipinski definition) is 2. The van der Waals surface area contributed by atoms with E-state index >= 15 is 0 Å². The number of aliphatic hydroxyl groups is 1. The summed E-state index contributed by atoms with van der Waals surface area (Å²) < 4.78 is 0. The molecule has 0 heterocycles. The summed E-state index contributed by atoms with van der Waals surface area (Å²) in [5.41, 5.74) is 1.95. The van der Waals surface area contributed by atoms with Crippen molar-refractivity contribution in [3.63, 3.8) is 0 Å². The Hall–Kier alpha value is -1.28. The van der Waals surface area contributed by atoms with Gasteiger partial charge in [-0.25, -0.2) is 0 Å². The van der Waals surface area contributed by atoms with Gasteiger partial charge in [-0.2, -0.15) is 0 Å². The van der Waals surface area contributed by atoms with E-state index in [0.29, 0.717) is 0 Å². The van der Waals surface area contributed by atoms with Crippen LogP contribution in [0.2, 0.25) is 0 Å². The van der Waals surface area contributed by atoms with E-state index in [2.05, 4.69) is 20.8 Å². The fourth-order valence-corrected chi connectivity index (χ4v) is 1.62. The first kappa shape index (κ1) is 11.8. The third-order valence-electron chi connectivity index (χ3n) is 2.26. The van der Waals surface area contributed by atoms with Crippen molar-refractivity contribution in [2.75, 3.05) is 6.61 Å². The van der Waals surface area contributed by atoms with Crippen LogP contribution in [0.4, 0.5) is 0 Å². The molecule has 2 N–H and O–H groups in total. The number of hydrogen-bond acceptors (Lipinski definition) is 2. The van der Waals surface area contributed by atoms with Gasteiger partial charge in [-0.3, -0.25) is 0 Å². The first-order valence-corrected chi connectivity index (χ1v) is 5.06. The molecule has 0 aromatic heterocycles. The molecule has 1 aromatic rings. The van der Waals surface area contributed by atoms with Crippen LogP contribution >= 0.6 is 0 Å². The molecule has 1 aromatic carbocycles. The summed E-state index contributed by atoms with van der Waals surface area (Å²) in [6, 6.07) is 7.10. The zero-order valence-corrected chi connectivity index (χ0v) is 9.49. The average molecular weight is 206 g/mol. The zero-order valence-electron chi connectivity index (χ0n) is 9.49. The minimum atomic E-state index is -0.0451. The van der Waals surface area contributed by atoms with E-state index in [-0.39, 0.29) is 17.8 Å². The molecule has 0 atom stereocenters. The third kappa shape index (κ3) is 3.10. The molecule has 0 radical (unpaired) electrons. The molecule has 2 nitrogen and oxygen atoms in total. The molecule has 0 amide bonds. The molecular formula is C13H18O2. The lowest BCUT2D eigenvalue weighted by atomic mass is 9.82. The van der Waals surface area contributed by atoms with Crippen LogP contribution in [0, 0.1) is 5.41 Å². The monoisotopic (exact) mass is 206 g/mol. The van der Waals surface area contributed by atoms with Crippen LogP contribution in [0.3, 0.4) is 0 Å². The Bertz CT molecular complexity index is 359. The van der Waals surface area contributed by atoms with Gasteiger partial charge in [0.2, 0.25) is 0 Å². The molecule has 1 rings (SSSR count). The van der Waals surface area contributed by atoms with Crippen LogP contribution in [0.5, 0.6) is 5.75 Å². The predicted octanol–water partition coefficient (Wildman–Crippen LogP) is 2.81. The van der Waals surface area contributed by atoms with E-state index in [9.17, 15) is 5.11 Å². The molecule has 0 fully saturated rings. The highest BCUT2D eigenvalue weighted by Crippen LogP contribution is 2.34. The summed E-state index contributed by atoms with van der Waals surface area (Å²) in [6.07, 6.45) is 1.79. The molecule has 15 heavy (non-hydrogen) atoms. The van der Waals surface area contributed by atoms with Crippen LogP contribution in [0.25, 0.3) is 5.57 Å². The van der Waals surface area contributed by atoms with Crippen molar-refractivity contribution in [1.29, 1.82) is 0 Å². The number of rotatable bonds is 2. The molecule has 0 bridgehead atoms. The third-order valence-corrected chi connectivity index (χ3v) is 2.26. The van der Waals surface area contributed by atoms with Crippen molar-refractivity contribution in [1.82, 2.24) is 0 Å². The average Bonchev–Trinajstić information content (AvgIpc) is 2.12. The van der Waals surface area contributed by atoms with Gasteiger partial charge in [-0.05, 0) is 28.7 Å². The molecule has 0 saturated heterocycles. The molecular weight excluding hydrogens is 188 g/mol. The SMILES string of the molecule is CC(C)(C)/C(=C/CO)c1cccc(O)c1. The van der Waals surface area contributed by atoms with Crippen molar-refractivity contribution < 1.29 is 10.2 Å². The molecule has 82 valence electrons. The molecule has 0 aliphatic carbocycles. The Kier molecular flexibility index (Phi) is 3.53. The van der Waals surface area contributed by atoms with Crippen LogP contribution in [0.15, 0.2) is 30.3 Å². The lowest BCUT2D eigenvalue weighted by Gasteiger charge is -2.23. The van der Waals surface area contributed by atoms with Gasteiger partial charge in [0.1, 0.15) is 5.75 Å². The van der Waals surface area contributed by atoms with Gasteiger partial charge in [-0.15, -0.1) is 0 Å². The second-order valence-electron chi connectivity index (χ2n) is 4.60. The number of benzene rings is 1. The lowest BCUT2D eigenvalue weighted by Crippen LogP contribution is -2.09. The number of aromatic hydroxyl groups is 1. The van der Waals surface area contributed by atoms with Gasteiger partial charge >= 0.3 is 0 Å². The Morgan fingerprint density at radius 3 is 2.47 bits per heavy atom. The smallest absolute Gasteiger partial charge is 0.116 e. The van der Waals surface area contributed by atoms with E-state index < -0.39 is 0 Å². The summed E-state index contributed by atoms with van der Waals surface area (Å²) in [5.74, 6) is 0.251. The Labute approximate surface area is 90.9 Å². The zero-order chi connectivity index (χ0) is 11.5. The fraction of sp³-hybridized carbons (Fsp3) is 0.385. The maximum Gasteiger partial charge on any atom is 0.116 e. The van der Waals surface area contributed by atoms with E-state index in [1.54, 1.807) is 18.2 Å². The molecule has 0 unspecified atom stereocenters. The summed E-state index contributed by atoms with van der Waals surface area (Å²) in [7, 11) is 0. The summed E-state index contributed by atoms with van der Waals surface area (Å²) in [4.78, 5) is 0. The highest BCUT2D eigenvalue weighted by molar-refractivity contribution is 5.70. The quantitative estimate of drug-likeness (QED) is 0.781. The van der Waals surface area contributed by atoms with E-state index in [1.807, 2.05) is 12.1 Å². The molecule has 2 heteroatoms. The molecule has 0 aliphatic rings. The molecule has 0 saturated carbocycles.